The molecule has 1 aromatic carbocycles. The van der Waals surface area contributed by atoms with E-state index in [-0.39, 0.29) is 0 Å². The molecule has 0 heterocycles. The van der Waals surface area contributed by atoms with E-state index in [2.05, 4.69) is 5.32 Å². The highest BCUT2D eigenvalue weighted by Crippen LogP contribution is 2.49. The number of rotatable bonds is 7. The molecule has 0 radical (unpaired) electrons. The largest absolute Gasteiger partial charge is 0.361 e. The van der Waals surface area contributed by atoms with Crippen molar-refractivity contribution in [2.45, 2.75) is 13.8 Å². The van der Waals surface area contributed by atoms with E-state index in [0.29, 0.717) is 18.2 Å². The lowest BCUT2D eigenvalue weighted by molar-refractivity contribution is 0.229. The van der Waals surface area contributed by atoms with Crippen molar-refractivity contribution >= 4 is 24.9 Å². The molecule has 0 unspecified atom stereocenters. The summed E-state index contributed by atoms with van der Waals surface area (Å²) < 4.78 is 22.3. The first-order valence-corrected chi connectivity index (χ1v) is 7.67. The van der Waals surface area contributed by atoms with Gasteiger partial charge in [0.1, 0.15) is 0 Å². The van der Waals surface area contributed by atoms with Crippen LogP contribution in [0, 0.1) is 0 Å². The Labute approximate surface area is 112 Å². The lowest BCUT2D eigenvalue weighted by Gasteiger charge is -2.12. The SMILES string of the molecule is CCOP(=O)(/C=C/Nc1cccc(Cl)c1)OCC. The molecule has 0 fully saturated rings. The van der Waals surface area contributed by atoms with E-state index in [0.717, 1.165) is 5.69 Å². The first kappa shape index (κ1) is 15.3. The molecule has 6 heteroatoms. The monoisotopic (exact) mass is 289 g/mol. The Morgan fingerprint density at radius 3 is 2.56 bits per heavy atom. The van der Waals surface area contributed by atoms with Gasteiger partial charge in [0.25, 0.3) is 0 Å². The van der Waals surface area contributed by atoms with Gasteiger partial charge < -0.3 is 14.4 Å². The fourth-order valence-electron chi connectivity index (χ4n) is 1.29. The molecule has 0 bridgehead atoms. The Morgan fingerprint density at radius 2 is 2.00 bits per heavy atom. The molecule has 0 aliphatic carbocycles. The molecule has 0 atom stereocenters. The average molecular weight is 290 g/mol. The summed E-state index contributed by atoms with van der Waals surface area (Å²) in [6.07, 6.45) is 1.54. The Bertz CT molecular complexity index is 441. The summed E-state index contributed by atoms with van der Waals surface area (Å²) in [5, 5.41) is 3.59. The zero-order valence-electron chi connectivity index (χ0n) is 10.4. The third-order valence-corrected chi connectivity index (χ3v) is 3.94. The first-order chi connectivity index (χ1) is 8.59. The smallest absolute Gasteiger partial charge is 0.355 e. The first-order valence-electron chi connectivity index (χ1n) is 5.68. The quantitative estimate of drug-likeness (QED) is 0.751. The van der Waals surface area contributed by atoms with Crippen molar-refractivity contribution in [1.29, 1.82) is 0 Å². The van der Waals surface area contributed by atoms with E-state index < -0.39 is 7.60 Å². The van der Waals surface area contributed by atoms with Crippen molar-refractivity contribution in [3.05, 3.63) is 41.3 Å². The predicted molar refractivity (Wildman–Crippen MR) is 75.1 cm³/mol. The summed E-state index contributed by atoms with van der Waals surface area (Å²) in [4.78, 5) is 0. The zero-order valence-corrected chi connectivity index (χ0v) is 12.1. The van der Waals surface area contributed by atoms with E-state index in [9.17, 15) is 4.57 Å². The van der Waals surface area contributed by atoms with Gasteiger partial charge in [-0.25, -0.2) is 0 Å². The van der Waals surface area contributed by atoms with Gasteiger partial charge in [0.2, 0.25) is 0 Å². The summed E-state index contributed by atoms with van der Waals surface area (Å²) in [5.41, 5.74) is 0.804. The number of hydrogen-bond donors (Lipinski definition) is 1. The third-order valence-electron chi connectivity index (χ3n) is 1.95. The maximum Gasteiger partial charge on any atom is 0.355 e. The fourth-order valence-corrected chi connectivity index (χ4v) is 2.70. The van der Waals surface area contributed by atoms with Crippen molar-refractivity contribution in [2.24, 2.45) is 0 Å². The van der Waals surface area contributed by atoms with Crippen LogP contribution in [0.3, 0.4) is 0 Å². The highest BCUT2D eigenvalue weighted by molar-refractivity contribution is 7.57. The lowest BCUT2D eigenvalue weighted by Crippen LogP contribution is -1.94. The minimum Gasteiger partial charge on any atom is -0.361 e. The summed E-state index contributed by atoms with van der Waals surface area (Å²) in [5.74, 6) is 1.40. The Morgan fingerprint density at radius 1 is 1.33 bits per heavy atom. The molecule has 0 saturated heterocycles. The van der Waals surface area contributed by atoms with Gasteiger partial charge in [0, 0.05) is 22.7 Å². The van der Waals surface area contributed by atoms with Crippen LogP contribution in [0.5, 0.6) is 0 Å². The molecular formula is C12H17ClNO3P. The molecule has 0 amide bonds. The van der Waals surface area contributed by atoms with E-state index in [1.54, 1.807) is 26.0 Å². The highest BCUT2D eigenvalue weighted by Gasteiger charge is 2.18. The third kappa shape index (κ3) is 5.23. The number of anilines is 1. The summed E-state index contributed by atoms with van der Waals surface area (Å²) in [6.45, 7) is 4.20. The lowest BCUT2D eigenvalue weighted by atomic mass is 10.3. The number of halogens is 1. The maximum absolute atomic E-state index is 12.1. The Balaban J connectivity index is 2.64. The fraction of sp³-hybridized carbons (Fsp3) is 0.333. The van der Waals surface area contributed by atoms with Gasteiger partial charge >= 0.3 is 7.60 Å². The Hall–Kier alpha value is -0.800. The minimum atomic E-state index is -3.14. The van der Waals surface area contributed by atoms with Crippen LogP contribution in [-0.4, -0.2) is 13.2 Å². The van der Waals surface area contributed by atoms with Crippen molar-refractivity contribution in [1.82, 2.24) is 0 Å². The zero-order chi connectivity index (χ0) is 13.4. The second-order valence-electron chi connectivity index (χ2n) is 3.35. The van der Waals surface area contributed by atoms with E-state index >= 15 is 0 Å². The molecule has 0 aliphatic rings. The molecule has 0 saturated carbocycles. The van der Waals surface area contributed by atoms with Crippen LogP contribution in [-0.2, 0) is 13.6 Å². The topological polar surface area (TPSA) is 47.6 Å². The van der Waals surface area contributed by atoms with Crippen molar-refractivity contribution < 1.29 is 13.6 Å². The van der Waals surface area contributed by atoms with Crippen LogP contribution in [0.2, 0.25) is 5.02 Å². The van der Waals surface area contributed by atoms with Crippen LogP contribution in [0.1, 0.15) is 13.8 Å². The molecule has 0 aromatic heterocycles. The normalized spacial score (nSPS) is 11.9. The summed E-state index contributed by atoms with van der Waals surface area (Å²) >= 11 is 5.84. The van der Waals surface area contributed by atoms with Gasteiger partial charge in [0.15, 0.2) is 0 Å². The molecular weight excluding hydrogens is 273 g/mol. The van der Waals surface area contributed by atoms with Crippen molar-refractivity contribution in [2.75, 3.05) is 18.5 Å². The molecule has 18 heavy (non-hydrogen) atoms. The Kier molecular flexibility index (Phi) is 6.44. The van der Waals surface area contributed by atoms with Crippen LogP contribution in [0.15, 0.2) is 36.3 Å². The number of nitrogens with one attached hydrogen (secondary N) is 1. The predicted octanol–water partition coefficient (Wildman–Crippen LogP) is 4.49. The van der Waals surface area contributed by atoms with Crippen molar-refractivity contribution in [3.8, 4) is 0 Å². The van der Waals surface area contributed by atoms with Crippen LogP contribution in [0.25, 0.3) is 0 Å². The molecule has 1 N–H and O–H groups in total. The molecule has 4 nitrogen and oxygen atoms in total. The second kappa shape index (κ2) is 7.59. The van der Waals surface area contributed by atoms with Gasteiger partial charge in [-0.2, -0.15) is 0 Å². The van der Waals surface area contributed by atoms with E-state index in [1.165, 1.54) is 12.0 Å². The van der Waals surface area contributed by atoms with Gasteiger partial charge in [0.05, 0.1) is 13.2 Å². The molecule has 0 spiro atoms. The van der Waals surface area contributed by atoms with Crippen LogP contribution in [0.4, 0.5) is 5.69 Å². The molecule has 1 rings (SSSR count). The second-order valence-corrected chi connectivity index (χ2v) is 5.68. The van der Waals surface area contributed by atoms with Gasteiger partial charge in [-0.05, 0) is 32.0 Å². The van der Waals surface area contributed by atoms with Crippen molar-refractivity contribution in [3.63, 3.8) is 0 Å². The van der Waals surface area contributed by atoms with Gasteiger partial charge in [-0.1, -0.05) is 17.7 Å². The van der Waals surface area contributed by atoms with E-state index in [1.807, 2.05) is 12.1 Å². The number of benzene rings is 1. The number of hydrogen-bond acceptors (Lipinski definition) is 4. The van der Waals surface area contributed by atoms with Gasteiger partial charge in [-0.3, -0.25) is 4.57 Å². The highest BCUT2D eigenvalue weighted by atomic mass is 35.5. The minimum absolute atomic E-state index is 0.332. The maximum atomic E-state index is 12.1. The van der Waals surface area contributed by atoms with E-state index in [4.69, 9.17) is 20.6 Å². The molecule has 1 aromatic rings. The average Bonchev–Trinajstić information content (AvgIpc) is 2.29. The molecule has 100 valence electrons. The standard InChI is InChI=1S/C12H17ClNO3P/c1-3-16-18(15,17-4-2)9-8-14-12-7-5-6-11(13)10-12/h5-10,14H,3-4H2,1-2H3/b9-8+. The molecule has 0 aliphatic heterocycles. The summed E-state index contributed by atoms with van der Waals surface area (Å²) in [6, 6.07) is 7.21. The van der Waals surface area contributed by atoms with Gasteiger partial charge in [-0.15, -0.1) is 0 Å². The summed E-state index contributed by atoms with van der Waals surface area (Å²) in [7, 11) is -3.14. The van der Waals surface area contributed by atoms with Crippen LogP contribution < -0.4 is 5.32 Å². The van der Waals surface area contributed by atoms with Crippen LogP contribution >= 0.6 is 19.2 Å².